The molecule has 18 heavy (non-hydrogen) atoms. The van der Waals surface area contributed by atoms with E-state index in [0.29, 0.717) is 0 Å². The van der Waals surface area contributed by atoms with Crippen LogP contribution in [0, 0.1) is 0 Å². The Bertz CT molecular complexity index is 526. The van der Waals surface area contributed by atoms with Crippen LogP contribution in [0.15, 0.2) is 40.2 Å². The van der Waals surface area contributed by atoms with Crippen molar-refractivity contribution in [3.63, 3.8) is 0 Å². The van der Waals surface area contributed by atoms with Crippen LogP contribution in [0.5, 0.6) is 0 Å². The van der Waals surface area contributed by atoms with Gasteiger partial charge in [0.1, 0.15) is 0 Å². The van der Waals surface area contributed by atoms with Crippen LogP contribution in [0.3, 0.4) is 0 Å². The molecule has 0 fully saturated rings. The average Bonchev–Trinajstić information content (AvgIpc) is 2.76. The zero-order chi connectivity index (χ0) is 13.1. The second-order valence-corrected chi connectivity index (χ2v) is 6.71. The van der Waals surface area contributed by atoms with Crippen LogP contribution in [0.1, 0.15) is 37.1 Å². The number of thiophene rings is 1. The molecular weight excluding hydrogens is 330 g/mol. The summed E-state index contributed by atoms with van der Waals surface area (Å²) in [5.41, 5.74) is 2.51. The smallest absolute Gasteiger partial charge is 0.0931 e. The largest absolute Gasteiger partial charge is 0.304 e. The molecular formula is C14H15BrClNS. The molecule has 0 bridgehead atoms. The van der Waals surface area contributed by atoms with Crippen molar-refractivity contribution in [1.29, 1.82) is 0 Å². The molecule has 1 heterocycles. The molecule has 2 atom stereocenters. The lowest BCUT2D eigenvalue weighted by Gasteiger charge is -2.20. The molecule has 1 N–H and O–H groups in total. The Morgan fingerprint density at radius 1 is 1.22 bits per heavy atom. The Balaban J connectivity index is 2.08. The minimum absolute atomic E-state index is 0.286. The van der Waals surface area contributed by atoms with E-state index in [2.05, 4.69) is 58.7 Å². The van der Waals surface area contributed by atoms with Crippen LogP contribution in [0.4, 0.5) is 0 Å². The van der Waals surface area contributed by atoms with Crippen LogP contribution in [-0.2, 0) is 0 Å². The fraction of sp³-hybridized carbons (Fsp3) is 0.286. The van der Waals surface area contributed by atoms with E-state index >= 15 is 0 Å². The molecule has 0 spiro atoms. The third-order valence-corrected chi connectivity index (χ3v) is 4.79. The number of hydrogen-bond acceptors (Lipinski definition) is 2. The van der Waals surface area contributed by atoms with Gasteiger partial charge in [-0.15, -0.1) is 11.3 Å². The van der Waals surface area contributed by atoms with Gasteiger partial charge in [-0.1, -0.05) is 45.7 Å². The van der Waals surface area contributed by atoms with E-state index in [1.54, 1.807) is 11.3 Å². The summed E-state index contributed by atoms with van der Waals surface area (Å²) in [6, 6.07) is 10.9. The summed E-state index contributed by atoms with van der Waals surface area (Å²) < 4.78 is 1.98. The molecule has 2 aromatic rings. The maximum atomic E-state index is 5.97. The van der Waals surface area contributed by atoms with Gasteiger partial charge in [0.15, 0.2) is 0 Å². The fourth-order valence-electron chi connectivity index (χ4n) is 1.94. The van der Waals surface area contributed by atoms with Crippen molar-refractivity contribution >= 4 is 38.9 Å². The highest BCUT2D eigenvalue weighted by atomic mass is 79.9. The first-order chi connectivity index (χ1) is 8.58. The van der Waals surface area contributed by atoms with Crippen LogP contribution < -0.4 is 5.32 Å². The van der Waals surface area contributed by atoms with E-state index in [4.69, 9.17) is 11.6 Å². The second kappa shape index (κ2) is 6.20. The lowest BCUT2D eigenvalue weighted by Crippen LogP contribution is -2.22. The topological polar surface area (TPSA) is 12.0 Å². The standard InChI is InChI=1S/C14H15BrClNS/c1-9(11-7-14(16)18-8-11)17-10(2)12-5-3-4-6-13(12)15/h3-10,17H,1-2H3. The third-order valence-electron chi connectivity index (χ3n) is 2.96. The summed E-state index contributed by atoms with van der Waals surface area (Å²) in [6.07, 6.45) is 0. The van der Waals surface area contributed by atoms with E-state index in [1.807, 2.05) is 12.1 Å². The van der Waals surface area contributed by atoms with Gasteiger partial charge < -0.3 is 5.32 Å². The van der Waals surface area contributed by atoms with Gasteiger partial charge in [0, 0.05) is 16.6 Å². The Labute approximate surface area is 125 Å². The van der Waals surface area contributed by atoms with Gasteiger partial charge in [-0.05, 0) is 42.5 Å². The maximum Gasteiger partial charge on any atom is 0.0931 e. The number of nitrogens with one attached hydrogen (secondary N) is 1. The Morgan fingerprint density at radius 2 is 1.94 bits per heavy atom. The van der Waals surface area contributed by atoms with Crippen molar-refractivity contribution in [2.24, 2.45) is 0 Å². The zero-order valence-electron chi connectivity index (χ0n) is 10.3. The molecule has 0 radical (unpaired) electrons. The summed E-state index contributed by atoms with van der Waals surface area (Å²) in [6.45, 7) is 4.33. The van der Waals surface area contributed by atoms with Gasteiger partial charge >= 0.3 is 0 Å². The predicted molar refractivity (Wildman–Crippen MR) is 83.4 cm³/mol. The number of hydrogen-bond donors (Lipinski definition) is 1. The molecule has 0 aliphatic heterocycles. The van der Waals surface area contributed by atoms with E-state index in [9.17, 15) is 0 Å². The van der Waals surface area contributed by atoms with Crippen molar-refractivity contribution in [1.82, 2.24) is 5.32 Å². The molecule has 1 aromatic carbocycles. The monoisotopic (exact) mass is 343 g/mol. The number of rotatable bonds is 4. The molecule has 2 unspecified atom stereocenters. The van der Waals surface area contributed by atoms with Crippen molar-refractivity contribution in [2.45, 2.75) is 25.9 Å². The normalized spacial score (nSPS) is 14.4. The SMILES string of the molecule is CC(NC(C)c1ccccc1Br)c1csc(Cl)c1. The van der Waals surface area contributed by atoms with Crippen LogP contribution >= 0.6 is 38.9 Å². The minimum atomic E-state index is 0.286. The average molecular weight is 345 g/mol. The van der Waals surface area contributed by atoms with Gasteiger partial charge in [-0.3, -0.25) is 0 Å². The summed E-state index contributed by atoms with van der Waals surface area (Å²) in [5, 5.41) is 5.69. The molecule has 0 aliphatic carbocycles. The molecule has 96 valence electrons. The van der Waals surface area contributed by atoms with Crippen molar-refractivity contribution in [3.8, 4) is 0 Å². The molecule has 0 amide bonds. The van der Waals surface area contributed by atoms with E-state index in [1.165, 1.54) is 11.1 Å². The van der Waals surface area contributed by atoms with E-state index in [-0.39, 0.29) is 12.1 Å². The van der Waals surface area contributed by atoms with Crippen LogP contribution in [0.25, 0.3) is 0 Å². The highest BCUT2D eigenvalue weighted by molar-refractivity contribution is 9.10. The summed E-state index contributed by atoms with van der Waals surface area (Å²) >= 11 is 11.1. The Kier molecular flexibility index (Phi) is 4.84. The van der Waals surface area contributed by atoms with Crippen LogP contribution in [-0.4, -0.2) is 0 Å². The molecule has 0 aliphatic rings. The Hall–Kier alpha value is -0.350. The highest BCUT2D eigenvalue weighted by Crippen LogP contribution is 2.28. The predicted octanol–water partition coefficient (Wildman–Crippen LogP) is 5.58. The van der Waals surface area contributed by atoms with Gasteiger partial charge in [-0.2, -0.15) is 0 Å². The highest BCUT2D eigenvalue weighted by Gasteiger charge is 2.13. The molecule has 1 aromatic heterocycles. The molecule has 4 heteroatoms. The molecule has 0 saturated heterocycles. The first kappa shape index (κ1) is 14.1. The number of benzene rings is 1. The molecule has 1 nitrogen and oxygen atoms in total. The van der Waals surface area contributed by atoms with Crippen molar-refractivity contribution in [2.75, 3.05) is 0 Å². The van der Waals surface area contributed by atoms with Gasteiger partial charge in [0.2, 0.25) is 0 Å². The van der Waals surface area contributed by atoms with Gasteiger partial charge in [0.05, 0.1) is 4.34 Å². The van der Waals surface area contributed by atoms with E-state index < -0.39 is 0 Å². The fourth-order valence-corrected chi connectivity index (χ4v) is 3.55. The lowest BCUT2D eigenvalue weighted by molar-refractivity contribution is 0.494. The summed E-state index contributed by atoms with van der Waals surface area (Å²) in [5.74, 6) is 0. The lowest BCUT2D eigenvalue weighted by atomic mass is 10.1. The first-order valence-corrected chi connectivity index (χ1v) is 7.87. The van der Waals surface area contributed by atoms with Gasteiger partial charge in [-0.25, -0.2) is 0 Å². The maximum absolute atomic E-state index is 5.97. The quantitative estimate of drug-likeness (QED) is 0.764. The third kappa shape index (κ3) is 3.35. The van der Waals surface area contributed by atoms with Crippen molar-refractivity contribution < 1.29 is 0 Å². The van der Waals surface area contributed by atoms with Crippen LogP contribution in [0.2, 0.25) is 4.34 Å². The first-order valence-electron chi connectivity index (χ1n) is 5.82. The molecule has 2 rings (SSSR count). The zero-order valence-corrected chi connectivity index (χ0v) is 13.4. The van der Waals surface area contributed by atoms with Crippen molar-refractivity contribution in [3.05, 3.63) is 55.6 Å². The Morgan fingerprint density at radius 3 is 2.56 bits per heavy atom. The van der Waals surface area contributed by atoms with E-state index in [0.717, 1.165) is 8.81 Å². The number of halogens is 2. The minimum Gasteiger partial charge on any atom is -0.304 e. The molecule has 0 saturated carbocycles. The summed E-state index contributed by atoms with van der Waals surface area (Å²) in [4.78, 5) is 0. The summed E-state index contributed by atoms with van der Waals surface area (Å²) in [7, 11) is 0. The second-order valence-electron chi connectivity index (χ2n) is 4.32. The van der Waals surface area contributed by atoms with Gasteiger partial charge in [0.25, 0.3) is 0 Å².